The second-order valence-electron chi connectivity index (χ2n) is 8.13. The largest absolute Gasteiger partial charge is 0.339 e. The predicted octanol–water partition coefficient (Wildman–Crippen LogP) is 4.35. The minimum atomic E-state index is 0.177. The molecule has 6 heteroatoms. The molecule has 1 saturated carbocycles. The maximum Gasteiger partial charge on any atom is 0.230 e. The van der Waals surface area contributed by atoms with Crippen LogP contribution in [0.25, 0.3) is 11.4 Å². The van der Waals surface area contributed by atoms with Gasteiger partial charge in [-0.15, -0.1) is 0 Å². The Bertz CT molecular complexity index is 1040. The van der Waals surface area contributed by atoms with Crippen molar-refractivity contribution in [3.8, 4) is 11.4 Å². The fourth-order valence-electron chi connectivity index (χ4n) is 4.34. The molecule has 1 fully saturated rings. The van der Waals surface area contributed by atoms with Crippen LogP contribution in [0, 0.1) is 6.92 Å². The van der Waals surface area contributed by atoms with Crippen LogP contribution in [0.2, 0.25) is 0 Å². The Hall–Kier alpha value is -2.76. The molecule has 0 amide bonds. The van der Waals surface area contributed by atoms with Gasteiger partial charge in [0.15, 0.2) is 5.78 Å². The van der Waals surface area contributed by atoms with E-state index in [9.17, 15) is 4.79 Å². The summed E-state index contributed by atoms with van der Waals surface area (Å²) in [4.78, 5) is 17.4. The summed E-state index contributed by atoms with van der Waals surface area (Å²) in [6.07, 6.45) is 7.76. The van der Waals surface area contributed by atoms with E-state index in [1.807, 2.05) is 14.0 Å². The summed E-state index contributed by atoms with van der Waals surface area (Å²) in [6.45, 7) is 1.94. The molecule has 3 aromatic rings. The highest BCUT2D eigenvalue weighted by Gasteiger charge is 2.28. The first-order chi connectivity index (χ1) is 13.6. The van der Waals surface area contributed by atoms with Gasteiger partial charge < -0.3 is 4.52 Å². The standard InChI is InChI=1S/C22H24N4O2/c1-13-19(12-23-26(13)2)20(27)11-16-7-6-15-10-17(8-9-18(15)16)21-24-22(28-25-21)14-4-3-5-14/h8-10,12,14,16H,3-7,11H2,1-2H3/t16-/m0/s1. The number of benzene rings is 1. The zero-order valence-corrected chi connectivity index (χ0v) is 16.3. The molecule has 5 rings (SSSR count). The molecule has 2 aromatic heterocycles. The van der Waals surface area contributed by atoms with Gasteiger partial charge in [0.2, 0.25) is 11.7 Å². The topological polar surface area (TPSA) is 73.8 Å². The molecule has 2 heterocycles. The normalized spacial score (nSPS) is 18.9. The first-order valence-corrected chi connectivity index (χ1v) is 10.1. The smallest absolute Gasteiger partial charge is 0.230 e. The Labute approximate surface area is 164 Å². The van der Waals surface area contributed by atoms with E-state index in [0.29, 0.717) is 18.2 Å². The van der Waals surface area contributed by atoms with Crippen LogP contribution >= 0.6 is 0 Å². The van der Waals surface area contributed by atoms with E-state index in [2.05, 4.69) is 33.4 Å². The fourth-order valence-corrected chi connectivity index (χ4v) is 4.34. The van der Waals surface area contributed by atoms with Gasteiger partial charge in [0.1, 0.15) is 0 Å². The molecule has 2 aliphatic carbocycles. The summed E-state index contributed by atoms with van der Waals surface area (Å²) in [5.74, 6) is 2.34. The first-order valence-electron chi connectivity index (χ1n) is 10.1. The second-order valence-corrected chi connectivity index (χ2v) is 8.13. The van der Waals surface area contributed by atoms with Gasteiger partial charge in [-0.05, 0) is 55.7 Å². The molecule has 0 N–H and O–H groups in total. The molecule has 1 atom stereocenters. The van der Waals surface area contributed by atoms with Gasteiger partial charge in [-0.3, -0.25) is 9.48 Å². The van der Waals surface area contributed by atoms with Gasteiger partial charge in [-0.25, -0.2) is 0 Å². The first kappa shape index (κ1) is 17.3. The zero-order valence-electron chi connectivity index (χ0n) is 16.3. The third kappa shape index (κ3) is 2.87. The number of ketones is 1. The summed E-state index contributed by atoms with van der Waals surface area (Å²) in [7, 11) is 1.87. The molecular weight excluding hydrogens is 352 g/mol. The highest BCUT2D eigenvalue weighted by molar-refractivity contribution is 5.97. The van der Waals surface area contributed by atoms with Crippen LogP contribution < -0.4 is 0 Å². The number of fused-ring (bicyclic) bond motifs is 1. The fraction of sp³-hybridized carbons (Fsp3) is 0.455. The van der Waals surface area contributed by atoms with Crippen LogP contribution in [0.4, 0.5) is 0 Å². The summed E-state index contributed by atoms with van der Waals surface area (Å²) in [5.41, 5.74) is 5.25. The number of Topliss-reactive ketones (excluding diaryl/α,β-unsaturated/α-hetero) is 1. The summed E-state index contributed by atoms with van der Waals surface area (Å²) >= 11 is 0. The van der Waals surface area contributed by atoms with E-state index in [-0.39, 0.29) is 11.7 Å². The molecule has 0 spiro atoms. The number of rotatable bonds is 5. The molecule has 0 saturated heterocycles. The van der Waals surface area contributed by atoms with E-state index in [4.69, 9.17) is 4.52 Å². The van der Waals surface area contributed by atoms with Crippen LogP contribution in [-0.4, -0.2) is 25.7 Å². The summed E-state index contributed by atoms with van der Waals surface area (Å²) in [5, 5.41) is 8.38. The molecule has 2 aliphatic rings. The Kier molecular flexibility index (Phi) is 4.14. The number of aromatic nitrogens is 4. The van der Waals surface area contributed by atoms with Crippen LogP contribution in [0.5, 0.6) is 0 Å². The van der Waals surface area contributed by atoms with Crippen LogP contribution in [0.3, 0.4) is 0 Å². The summed E-state index contributed by atoms with van der Waals surface area (Å²) in [6, 6.07) is 6.38. The van der Waals surface area contributed by atoms with E-state index < -0.39 is 0 Å². The van der Waals surface area contributed by atoms with E-state index >= 15 is 0 Å². The molecule has 144 valence electrons. The van der Waals surface area contributed by atoms with Crippen LogP contribution in [-0.2, 0) is 13.5 Å². The molecule has 0 unspecified atom stereocenters. The molecule has 0 aliphatic heterocycles. The van der Waals surface area contributed by atoms with Gasteiger partial charge in [0, 0.05) is 30.6 Å². The Balaban J connectivity index is 1.34. The monoisotopic (exact) mass is 376 g/mol. The Morgan fingerprint density at radius 2 is 2.14 bits per heavy atom. The molecule has 0 bridgehead atoms. The lowest BCUT2D eigenvalue weighted by molar-refractivity contribution is 0.0973. The van der Waals surface area contributed by atoms with Crippen molar-refractivity contribution in [3.05, 3.63) is 52.7 Å². The number of carbonyl (C=O) groups excluding carboxylic acids is 1. The van der Waals surface area contributed by atoms with Crippen molar-refractivity contribution in [2.24, 2.45) is 7.05 Å². The number of hydrogen-bond donors (Lipinski definition) is 0. The van der Waals surface area contributed by atoms with Crippen molar-refractivity contribution < 1.29 is 9.32 Å². The van der Waals surface area contributed by atoms with Crippen LogP contribution in [0.15, 0.2) is 28.9 Å². The Morgan fingerprint density at radius 1 is 1.29 bits per heavy atom. The third-order valence-corrected chi connectivity index (χ3v) is 6.47. The average Bonchev–Trinajstić information content (AvgIpc) is 3.34. The average molecular weight is 376 g/mol. The molecule has 6 nitrogen and oxygen atoms in total. The molecule has 0 radical (unpaired) electrons. The number of hydrogen-bond acceptors (Lipinski definition) is 5. The van der Waals surface area contributed by atoms with Crippen molar-refractivity contribution in [1.29, 1.82) is 0 Å². The highest BCUT2D eigenvalue weighted by Crippen LogP contribution is 2.39. The number of nitrogens with zero attached hydrogens (tertiary/aromatic N) is 4. The molecular formula is C22H24N4O2. The van der Waals surface area contributed by atoms with Gasteiger partial charge >= 0.3 is 0 Å². The lowest BCUT2D eigenvalue weighted by atomic mass is 9.85. The van der Waals surface area contributed by atoms with Crippen molar-refractivity contribution in [2.75, 3.05) is 0 Å². The van der Waals surface area contributed by atoms with E-state index in [0.717, 1.165) is 48.4 Å². The maximum atomic E-state index is 12.7. The van der Waals surface area contributed by atoms with Gasteiger partial charge in [-0.1, -0.05) is 23.7 Å². The van der Waals surface area contributed by atoms with Crippen LogP contribution in [0.1, 0.15) is 77.0 Å². The lowest BCUT2D eigenvalue weighted by Crippen LogP contribution is -2.08. The van der Waals surface area contributed by atoms with Gasteiger partial charge in [0.05, 0.1) is 11.8 Å². The van der Waals surface area contributed by atoms with Gasteiger partial charge in [-0.2, -0.15) is 10.1 Å². The summed E-state index contributed by atoms with van der Waals surface area (Å²) < 4.78 is 7.22. The second kappa shape index (κ2) is 6.69. The van der Waals surface area contributed by atoms with Crippen molar-refractivity contribution in [1.82, 2.24) is 19.9 Å². The third-order valence-electron chi connectivity index (χ3n) is 6.47. The quantitative estimate of drug-likeness (QED) is 0.619. The SMILES string of the molecule is Cc1c(C(=O)C[C@@H]2CCc3cc(-c4noc(C5CCC5)n4)ccc32)cnn1C. The lowest BCUT2D eigenvalue weighted by Gasteiger charge is -2.20. The molecule has 1 aromatic carbocycles. The van der Waals surface area contributed by atoms with Gasteiger partial charge in [0.25, 0.3) is 0 Å². The highest BCUT2D eigenvalue weighted by atomic mass is 16.5. The van der Waals surface area contributed by atoms with E-state index in [1.54, 1.807) is 10.9 Å². The Morgan fingerprint density at radius 3 is 2.86 bits per heavy atom. The molecule has 28 heavy (non-hydrogen) atoms. The van der Waals surface area contributed by atoms with Crippen molar-refractivity contribution >= 4 is 5.78 Å². The van der Waals surface area contributed by atoms with Crippen molar-refractivity contribution in [3.63, 3.8) is 0 Å². The minimum Gasteiger partial charge on any atom is -0.339 e. The maximum absolute atomic E-state index is 12.7. The minimum absolute atomic E-state index is 0.177. The predicted molar refractivity (Wildman–Crippen MR) is 104 cm³/mol. The number of aryl methyl sites for hydroxylation is 2. The zero-order chi connectivity index (χ0) is 19.3. The van der Waals surface area contributed by atoms with Crippen molar-refractivity contribution in [2.45, 2.75) is 57.3 Å². The number of carbonyl (C=O) groups is 1. The van der Waals surface area contributed by atoms with E-state index in [1.165, 1.54) is 17.5 Å².